The molecule has 0 aliphatic carbocycles. The fourth-order valence-electron chi connectivity index (χ4n) is 1.78. The minimum Gasteiger partial charge on any atom is -0.489 e. The number of rotatable bonds is 6. The first-order valence-electron chi connectivity index (χ1n) is 6.99. The second-order valence-corrected chi connectivity index (χ2v) is 5.49. The Morgan fingerprint density at radius 2 is 1.77 bits per heavy atom. The van der Waals surface area contributed by atoms with Gasteiger partial charge < -0.3 is 9.47 Å². The van der Waals surface area contributed by atoms with E-state index in [0.717, 1.165) is 21.3 Å². The molecule has 2 aromatic rings. The van der Waals surface area contributed by atoms with Gasteiger partial charge in [0.15, 0.2) is 0 Å². The number of halogens is 1. The van der Waals surface area contributed by atoms with Crippen molar-refractivity contribution in [3.63, 3.8) is 0 Å². The van der Waals surface area contributed by atoms with Crippen molar-refractivity contribution in [1.29, 1.82) is 0 Å². The van der Waals surface area contributed by atoms with E-state index in [1.54, 1.807) is 13.0 Å². The highest BCUT2D eigenvalue weighted by molar-refractivity contribution is 9.10. The van der Waals surface area contributed by atoms with Crippen LogP contribution in [-0.2, 0) is 16.1 Å². The minimum absolute atomic E-state index is 0.335. The molecule has 0 bridgehead atoms. The van der Waals surface area contributed by atoms with E-state index in [4.69, 9.17) is 9.47 Å². The lowest BCUT2D eigenvalue weighted by Gasteiger charge is -2.06. The third-order valence-electron chi connectivity index (χ3n) is 2.90. The van der Waals surface area contributed by atoms with Crippen LogP contribution in [-0.4, -0.2) is 12.6 Å². The Labute approximate surface area is 138 Å². The summed E-state index contributed by atoms with van der Waals surface area (Å²) >= 11 is 3.40. The van der Waals surface area contributed by atoms with Crippen LogP contribution in [0.1, 0.15) is 18.1 Å². The third-order valence-corrected chi connectivity index (χ3v) is 3.43. The zero-order valence-electron chi connectivity index (χ0n) is 12.3. The summed E-state index contributed by atoms with van der Waals surface area (Å²) in [5, 5.41) is 0. The van der Waals surface area contributed by atoms with Gasteiger partial charge in [0.25, 0.3) is 0 Å². The number of ether oxygens (including phenoxy) is 2. The molecule has 22 heavy (non-hydrogen) atoms. The Morgan fingerprint density at radius 1 is 1.09 bits per heavy atom. The molecular formula is C18H17BrO3. The molecule has 2 rings (SSSR count). The van der Waals surface area contributed by atoms with E-state index in [1.807, 2.05) is 48.5 Å². The molecule has 0 fully saturated rings. The molecule has 4 heteroatoms. The van der Waals surface area contributed by atoms with Gasteiger partial charge in [0, 0.05) is 10.5 Å². The predicted molar refractivity (Wildman–Crippen MR) is 90.6 cm³/mol. The first-order valence-corrected chi connectivity index (χ1v) is 7.79. The summed E-state index contributed by atoms with van der Waals surface area (Å²) in [5.41, 5.74) is 2.03. The van der Waals surface area contributed by atoms with E-state index in [1.165, 1.54) is 6.08 Å². The van der Waals surface area contributed by atoms with Gasteiger partial charge in [0.2, 0.25) is 0 Å². The van der Waals surface area contributed by atoms with Crippen molar-refractivity contribution >= 4 is 28.0 Å². The molecule has 0 heterocycles. The average molecular weight is 361 g/mol. The molecule has 0 N–H and O–H groups in total. The van der Waals surface area contributed by atoms with Gasteiger partial charge in [-0.3, -0.25) is 0 Å². The fourth-order valence-corrected chi connectivity index (χ4v) is 2.04. The van der Waals surface area contributed by atoms with Gasteiger partial charge in [-0.1, -0.05) is 40.2 Å². The van der Waals surface area contributed by atoms with Crippen LogP contribution in [0.5, 0.6) is 5.75 Å². The number of carbonyl (C=O) groups is 1. The Kier molecular flexibility index (Phi) is 6.22. The lowest BCUT2D eigenvalue weighted by molar-refractivity contribution is -0.137. The highest BCUT2D eigenvalue weighted by atomic mass is 79.9. The molecular weight excluding hydrogens is 344 g/mol. The molecule has 0 aliphatic rings. The molecule has 0 atom stereocenters. The van der Waals surface area contributed by atoms with Crippen LogP contribution < -0.4 is 4.74 Å². The van der Waals surface area contributed by atoms with E-state index in [9.17, 15) is 4.79 Å². The summed E-state index contributed by atoms with van der Waals surface area (Å²) in [6.07, 6.45) is 3.14. The second-order valence-electron chi connectivity index (χ2n) is 4.57. The largest absolute Gasteiger partial charge is 0.489 e. The highest BCUT2D eigenvalue weighted by Crippen LogP contribution is 2.16. The van der Waals surface area contributed by atoms with Crippen LogP contribution in [0.4, 0.5) is 0 Å². The zero-order chi connectivity index (χ0) is 15.8. The molecule has 2 aromatic carbocycles. The minimum atomic E-state index is -0.335. The van der Waals surface area contributed by atoms with Gasteiger partial charge in [-0.15, -0.1) is 0 Å². The molecule has 3 nitrogen and oxygen atoms in total. The van der Waals surface area contributed by atoms with E-state index >= 15 is 0 Å². The van der Waals surface area contributed by atoms with Crippen molar-refractivity contribution in [2.75, 3.05) is 6.61 Å². The Balaban J connectivity index is 1.89. The van der Waals surface area contributed by atoms with Crippen molar-refractivity contribution in [3.05, 3.63) is 70.2 Å². The summed E-state index contributed by atoms with van der Waals surface area (Å²) < 4.78 is 11.6. The number of carbonyl (C=O) groups excluding carboxylic acids is 1. The number of hydrogen-bond donors (Lipinski definition) is 0. The Morgan fingerprint density at radius 3 is 2.41 bits per heavy atom. The lowest BCUT2D eigenvalue weighted by Crippen LogP contribution is -1.98. The summed E-state index contributed by atoms with van der Waals surface area (Å²) in [4.78, 5) is 11.2. The van der Waals surface area contributed by atoms with Gasteiger partial charge in [-0.2, -0.15) is 0 Å². The number of hydrogen-bond acceptors (Lipinski definition) is 3. The van der Waals surface area contributed by atoms with Crippen molar-refractivity contribution < 1.29 is 14.3 Å². The van der Waals surface area contributed by atoms with E-state index in [-0.39, 0.29) is 5.97 Å². The zero-order valence-corrected chi connectivity index (χ0v) is 13.9. The van der Waals surface area contributed by atoms with Gasteiger partial charge >= 0.3 is 5.97 Å². The molecule has 0 saturated heterocycles. The molecule has 0 saturated carbocycles. The van der Waals surface area contributed by atoms with E-state index in [0.29, 0.717) is 13.2 Å². The fraction of sp³-hybridized carbons (Fsp3) is 0.167. The second kappa shape index (κ2) is 8.39. The maximum atomic E-state index is 11.2. The normalized spacial score (nSPS) is 10.6. The first-order chi connectivity index (χ1) is 10.7. The van der Waals surface area contributed by atoms with E-state index < -0.39 is 0 Å². The van der Waals surface area contributed by atoms with Crippen LogP contribution in [0.15, 0.2) is 59.1 Å². The van der Waals surface area contributed by atoms with Gasteiger partial charge in [-0.05, 0) is 48.4 Å². The summed E-state index contributed by atoms with van der Waals surface area (Å²) in [6, 6.07) is 15.6. The molecule has 0 amide bonds. The number of benzene rings is 2. The van der Waals surface area contributed by atoms with Crippen LogP contribution in [0.3, 0.4) is 0 Å². The van der Waals surface area contributed by atoms with Crippen LogP contribution >= 0.6 is 15.9 Å². The standard InChI is InChI=1S/C18H17BrO3/c1-2-21-18(20)12-7-14-5-10-17(11-6-14)22-13-15-3-8-16(19)9-4-15/h3-12H,2,13H2,1H3/b12-7+. The topological polar surface area (TPSA) is 35.5 Å². The summed E-state index contributed by atoms with van der Waals surface area (Å²) in [6.45, 7) is 2.68. The average Bonchev–Trinajstić information content (AvgIpc) is 2.54. The molecule has 114 valence electrons. The maximum Gasteiger partial charge on any atom is 0.330 e. The summed E-state index contributed by atoms with van der Waals surface area (Å²) in [7, 11) is 0. The quantitative estimate of drug-likeness (QED) is 0.557. The van der Waals surface area contributed by atoms with Crippen LogP contribution in [0.25, 0.3) is 6.08 Å². The SMILES string of the molecule is CCOC(=O)/C=C/c1ccc(OCc2ccc(Br)cc2)cc1. The molecule has 0 spiro atoms. The lowest BCUT2D eigenvalue weighted by atomic mass is 10.2. The smallest absolute Gasteiger partial charge is 0.330 e. The van der Waals surface area contributed by atoms with Crippen LogP contribution in [0, 0.1) is 0 Å². The number of esters is 1. The molecule has 0 radical (unpaired) electrons. The molecule has 0 aromatic heterocycles. The van der Waals surface area contributed by atoms with Crippen molar-refractivity contribution in [1.82, 2.24) is 0 Å². The Bertz CT molecular complexity index is 630. The highest BCUT2D eigenvalue weighted by Gasteiger charge is 1.98. The van der Waals surface area contributed by atoms with Gasteiger partial charge in [0.05, 0.1) is 6.61 Å². The van der Waals surface area contributed by atoms with E-state index in [2.05, 4.69) is 15.9 Å². The third kappa shape index (κ3) is 5.37. The van der Waals surface area contributed by atoms with Crippen LogP contribution in [0.2, 0.25) is 0 Å². The maximum absolute atomic E-state index is 11.2. The van der Waals surface area contributed by atoms with Gasteiger partial charge in [0.1, 0.15) is 12.4 Å². The summed E-state index contributed by atoms with van der Waals surface area (Å²) in [5.74, 6) is 0.453. The van der Waals surface area contributed by atoms with Crippen molar-refractivity contribution in [2.24, 2.45) is 0 Å². The first kappa shape index (κ1) is 16.3. The van der Waals surface area contributed by atoms with Crippen molar-refractivity contribution in [3.8, 4) is 5.75 Å². The van der Waals surface area contributed by atoms with Crippen molar-refractivity contribution in [2.45, 2.75) is 13.5 Å². The molecule has 0 unspecified atom stereocenters. The predicted octanol–water partition coefficient (Wildman–Crippen LogP) is 4.60. The Hall–Kier alpha value is -2.07. The molecule has 0 aliphatic heterocycles. The van der Waals surface area contributed by atoms with Gasteiger partial charge in [-0.25, -0.2) is 4.79 Å². The monoisotopic (exact) mass is 360 g/mol.